The SMILES string of the molecule is Cc1occc1-c1nnc(SCC(=O)N[C@@H](c2ccc(F)cc2)c2cccs2)n1C. The van der Waals surface area contributed by atoms with Gasteiger partial charge in [-0.2, -0.15) is 0 Å². The van der Waals surface area contributed by atoms with Crippen LogP contribution in [0, 0.1) is 12.7 Å². The smallest absolute Gasteiger partial charge is 0.231 e. The second-order valence-electron chi connectivity index (χ2n) is 6.61. The number of nitrogens with zero attached hydrogens (tertiary/aromatic N) is 3. The van der Waals surface area contributed by atoms with E-state index in [1.54, 1.807) is 29.7 Å². The van der Waals surface area contributed by atoms with Gasteiger partial charge in [0.1, 0.15) is 11.6 Å². The zero-order valence-electron chi connectivity index (χ0n) is 16.3. The molecule has 4 aromatic rings. The highest BCUT2D eigenvalue weighted by molar-refractivity contribution is 7.99. The molecule has 1 amide bonds. The monoisotopic (exact) mass is 442 g/mol. The van der Waals surface area contributed by atoms with Gasteiger partial charge in [0.2, 0.25) is 5.91 Å². The van der Waals surface area contributed by atoms with E-state index in [1.807, 2.05) is 42.1 Å². The standard InChI is InChI=1S/C21H19FN4O2S2/c1-13-16(9-10-28-13)20-24-25-21(26(20)2)30-12-18(27)23-19(17-4-3-11-29-17)14-5-7-15(22)8-6-14/h3-11,19H,12H2,1-2H3,(H,23,27)/t19-/m0/s1. The van der Waals surface area contributed by atoms with E-state index in [-0.39, 0.29) is 23.5 Å². The lowest BCUT2D eigenvalue weighted by atomic mass is 10.1. The summed E-state index contributed by atoms with van der Waals surface area (Å²) in [6.07, 6.45) is 1.61. The van der Waals surface area contributed by atoms with Gasteiger partial charge in [0, 0.05) is 11.9 Å². The molecule has 0 aliphatic carbocycles. The van der Waals surface area contributed by atoms with Crippen molar-refractivity contribution in [3.63, 3.8) is 0 Å². The summed E-state index contributed by atoms with van der Waals surface area (Å²) < 4.78 is 20.5. The van der Waals surface area contributed by atoms with E-state index in [4.69, 9.17) is 4.42 Å². The fourth-order valence-corrected chi connectivity index (χ4v) is 4.58. The molecule has 0 spiro atoms. The number of thioether (sulfide) groups is 1. The van der Waals surface area contributed by atoms with E-state index in [9.17, 15) is 9.18 Å². The number of nitrogens with one attached hydrogen (secondary N) is 1. The molecule has 0 aliphatic heterocycles. The van der Waals surface area contributed by atoms with Crippen molar-refractivity contribution in [2.45, 2.75) is 18.1 Å². The van der Waals surface area contributed by atoms with Crippen molar-refractivity contribution in [2.24, 2.45) is 7.05 Å². The predicted octanol–water partition coefficient (Wildman–Crippen LogP) is 4.58. The summed E-state index contributed by atoms with van der Waals surface area (Å²) in [7, 11) is 1.86. The number of halogens is 1. The Labute approximate surface area is 181 Å². The first-order chi connectivity index (χ1) is 14.5. The minimum atomic E-state index is -0.331. The number of thiophene rings is 1. The average Bonchev–Trinajstić information content (AvgIpc) is 3.47. The van der Waals surface area contributed by atoms with Gasteiger partial charge >= 0.3 is 0 Å². The van der Waals surface area contributed by atoms with Crippen LogP contribution in [0.15, 0.2) is 63.7 Å². The topological polar surface area (TPSA) is 72.9 Å². The Hall–Kier alpha value is -2.91. The Kier molecular flexibility index (Phi) is 6.01. The van der Waals surface area contributed by atoms with Gasteiger partial charge in [0.05, 0.1) is 23.6 Å². The summed E-state index contributed by atoms with van der Waals surface area (Å²) in [5.74, 6) is 1.17. The van der Waals surface area contributed by atoms with Crippen molar-refractivity contribution < 1.29 is 13.6 Å². The van der Waals surface area contributed by atoms with Gasteiger partial charge in [-0.15, -0.1) is 21.5 Å². The number of hydrogen-bond donors (Lipinski definition) is 1. The van der Waals surface area contributed by atoms with Crippen molar-refractivity contribution in [3.8, 4) is 11.4 Å². The van der Waals surface area contributed by atoms with E-state index in [0.717, 1.165) is 21.8 Å². The second kappa shape index (κ2) is 8.85. The Morgan fingerprint density at radius 2 is 2.07 bits per heavy atom. The van der Waals surface area contributed by atoms with E-state index in [0.29, 0.717) is 11.0 Å². The molecule has 6 nitrogen and oxygen atoms in total. The summed E-state index contributed by atoms with van der Waals surface area (Å²) in [5, 5.41) is 14.0. The Morgan fingerprint density at radius 3 is 2.73 bits per heavy atom. The number of rotatable bonds is 7. The number of aryl methyl sites for hydroxylation is 1. The lowest BCUT2D eigenvalue weighted by Crippen LogP contribution is -2.30. The van der Waals surface area contributed by atoms with E-state index in [2.05, 4.69) is 15.5 Å². The quantitative estimate of drug-likeness (QED) is 0.424. The average molecular weight is 443 g/mol. The Morgan fingerprint density at radius 1 is 1.27 bits per heavy atom. The van der Waals surface area contributed by atoms with Gasteiger partial charge in [0.15, 0.2) is 11.0 Å². The minimum absolute atomic E-state index is 0.147. The molecule has 1 atom stereocenters. The number of amides is 1. The molecule has 1 aromatic carbocycles. The van der Waals surface area contributed by atoms with Crippen molar-refractivity contribution in [1.82, 2.24) is 20.1 Å². The van der Waals surface area contributed by atoms with E-state index < -0.39 is 0 Å². The molecular formula is C21H19FN4O2S2. The highest BCUT2D eigenvalue weighted by atomic mass is 32.2. The number of carbonyl (C=O) groups excluding carboxylic acids is 1. The third-order valence-electron chi connectivity index (χ3n) is 4.60. The van der Waals surface area contributed by atoms with Crippen molar-refractivity contribution in [3.05, 3.63) is 76.1 Å². The van der Waals surface area contributed by atoms with Crippen LogP contribution in [0.1, 0.15) is 22.2 Å². The van der Waals surface area contributed by atoms with Gasteiger partial charge in [-0.05, 0) is 42.1 Å². The summed E-state index contributed by atoms with van der Waals surface area (Å²) in [4.78, 5) is 13.7. The lowest BCUT2D eigenvalue weighted by molar-refractivity contribution is -0.119. The first-order valence-electron chi connectivity index (χ1n) is 9.18. The molecule has 30 heavy (non-hydrogen) atoms. The molecule has 0 saturated carbocycles. The third-order valence-corrected chi connectivity index (χ3v) is 6.56. The zero-order valence-corrected chi connectivity index (χ0v) is 18.0. The van der Waals surface area contributed by atoms with Crippen LogP contribution < -0.4 is 5.32 Å². The summed E-state index contributed by atoms with van der Waals surface area (Å²) in [6, 6.07) is 11.6. The maximum Gasteiger partial charge on any atom is 0.231 e. The van der Waals surface area contributed by atoms with Crippen LogP contribution in [-0.2, 0) is 11.8 Å². The molecule has 154 valence electrons. The summed E-state index contributed by atoms with van der Waals surface area (Å²) in [6.45, 7) is 1.87. The van der Waals surface area contributed by atoms with E-state index >= 15 is 0 Å². The van der Waals surface area contributed by atoms with Crippen molar-refractivity contribution in [1.29, 1.82) is 0 Å². The minimum Gasteiger partial charge on any atom is -0.469 e. The van der Waals surface area contributed by atoms with Gasteiger partial charge in [-0.3, -0.25) is 4.79 Å². The molecule has 0 fully saturated rings. The van der Waals surface area contributed by atoms with Gasteiger partial charge in [0.25, 0.3) is 0 Å². The molecule has 0 bridgehead atoms. The largest absolute Gasteiger partial charge is 0.469 e. The molecule has 3 aromatic heterocycles. The first kappa shape index (κ1) is 20.4. The number of hydrogen-bond acceptors (Lipinski definition) is 6. The Balaban J connectivity index is 1.45. The number of carbonyl (C=O) groups is 1. The first-order valence-corrected chi connectivity index (χ1v) is 11.0. The molecular weight excluding hydrogens is 423 g/mol. The van der Waals surface area contributed by atoms with Crippen molar-refractivity contribution >= 4 is 29.0 Å². The third kappa shape index (κ3) is 4.31. The number of aromatic nitrogens is 3. The molecule has 9 heteroatoms. The van der Waals surface area contributed by atoms with Gasteiger partial charge in [-0.25, -0.2) is 4.39 Å². The number of benzene rings is 1. The molecule has 0 saturated heterocycles. The molecule has 4 rings (SSSR count). The van der Waals surface area contributed by atoms with Gasteiger partial charge in [-0.1, -0.05) is 30.0 Å². The summed E-state index contributed by atoms with van der Waals surface area (Å²) >= 11 is 2.85. The van der Waals surface area contributed by atoms with E-state index in [1.165, 1.54) is 23.9 Å². The number of furan rings is 1. The van der Waals surface area contributed by atoms with Crippen LogP contribution in [0.5, 0.6) is 0 Å². The van der Waals surface area contributed by atoms with Crippen molar-refractivity contribution in [2.75, 3.05) is 5.75 Å². The summed E-state index contributed by atoms with van der Waals surface area (Å²) in [5.41, 5.74) is 1.70. The Bertz CT molecular complexity index is 1140. The predicted molar refractivity (Wildman–Crippen MR) is 115 cm³/mol. The van der Waals surface area contributed by atoms with Crippen LogP contribution in [0.2, 0.25) is 0 Å². The molecule has 0 radical (unpaired) electrons. The highest BCUT2D eigenvalue weighted by Crippen LogP contribution is 2.28. The molecule has 1 N–H and O–H groups in total. The maximum atomic E-state index is 13.3. The lowest BCUT2D eigenvalue weighted by Gasteiger charge is -2.18. The van der Waals surface area contributed by atoms with Crippen LogP contribution in [0.25, 0.3) is 11.4 Å². The molecule has 0 unspecified atom stereocenters. The second-order valence-corrected chi connectivity index (χ2v) is 8.53. The normalized spacial score (nSPS) is 12.1. The van der Waals surface area contributed by atoms with Gasteiger partial charge < -0.3 is 14.3 Å². The fourth-order valence-electron chi connectivity index (χ4n) is 3.05. The fraction of sp³-hybridized carbons (Fsp3) is 0.190. The van der Waals surface area contributed by atoms with Crippen LogP contribution >= 0.6 is 23.1 Å². The molecule has 3 heterocycles. The molecule has 0 aliphatic rings. The maximum absolute atomic E-state index is 13.3. The van der Waals surface area contributed by atoms with Crippen LogP contribution in [0.4, 0.5) is 4.39 Å². The zero-order chi connectivity index (χ0) is 21.1. The van der Waals surface area contributed by atoms with Crippen LogP contribution in [0.3, 0.4) is 0 Å². The highest BCUT2D eigenvalue weighted by Gasteiger charge is 2.20. The van der Waals surface area contributed by atoms with Crippen LogP contribution in [-0.4, -0.2) is 26.4 Å².